The normalized spacial score (nSPS) is 9.92. The summed E-state index contributed by atoms with van der Waals surface area (Å²) in [5.41, 5.74) is 10.1. The maximum absolute atomic E-state index is 5.54. The van der Waals surface area contributed by atoms with E-state index in [0.29, 0.717) is 0 Å². The van der Waals surface area contributed by atoms with Crippen molar-refractivity contribution >= 4 is 5.69 Å². The highest BCUT2D eigenvalue weighted by molar-refractivity contribution is 5.41. The molecule has 0 aliphatic rings. The summed E-state index contributed by atoms with van der Waals surface area (Å²) < 4.78 is 5.48. The summed E-state index contributed by atoms with van der Waals surface area (Å²) in [4.78, 5) is 0. The summed E-state index contributed by atoms with van der Waals surface area (Å²) in [7, 11) is 0. The van der Waals surface area contributed by atoms with Gasteiger partial charge in [0.1, 0.15) is 5.75 Å². The Balaban J connectivity index is 2.25. The van der Waals surface area contributed by atoms with Crippen molar-refractivity contribution in [1.82, 2.24) is 0 Å². The first-order valence-electron chi connectivity index (χ1n) is 4.60. The van der Waals surface area contributed by atoms with Crippen molar-refractivity contribution in [3.8, 4) is 5.75 Å². The first-order valence-corrected chi connectivity index (χ1v) is 4.60. The standard InChI is InChI=1S/C10H16N2O/c11-7-1-2-8-13-10-5-3-9(12)4-6-10/h3-6H,1-2,7-8,11-12H2/p+1. The Kier molecular flexibility index (Phi) is 4.12. The second-order valence-electron chi connectivity index (χ2n) is 2.98. The predicted molar refractivity (Wildman–Crippen MR) is 53.3 cm³/mol. The lowest BCUT2D eigenvalue weighted by atomic mass is 10.3. The number of benzene rings is 1. The molecule has 0 bridgehead atoms. The van der Waals surface area contributed by atoms with Gasteiger partial charge in [0, 0.05) is 5.69 Å². The van der Waals surface area contributed by atoms with Crippen molar-refractivity contribution in [3.63, 3.8) is 0 Å². The minimum Gasteiger partial charge on any atom is -0.494 e. The van der Waals surface area contributed by atoms with Gasteiger partial charge in [0.15, 0.2) is 0 Å². The van der Waals surface area contributed by atoms with Gasteiger partial charge in [-0.25, -0.2) is 0 Å². The van der Waals surface area contributed by atoms with E-state index in [1.165, 1.54) is 0 Å². The molecule has 0 aromatic heterocycles. The molecule has 72 valence electrons. The molecule has 0 fully saturated rings. The van der Waals surface area contributed by atoms with Crippen LogP contribution in [-0.4, -0.2) is 13.2 Å². The fourth-order valence-corrected chi connectivity index (χ4v) is 1.03. The molecule has 1 aromatic rings. The van der Waals surface area contributed by atoms with E-state index in [1.54, 1.807) is 0 Å². The Morgan fingerprint density at radius 3 is 2.46 bits per heavy atom. The third-order valence-electron chi connectivity index (χ3n) is 1.79. The van der Waals surface area contributed by atoms with Crippen LogP contribution in [0.5, 0.6) is 5.75 Å². The molecule has 0 heterocycles. The summed E-state index contributed by atoms with van der Waals surface area (Å²) >= 11 is 0. The molecule has 0 aliphatic carbocycles. The van der Waals surface area contributed by atoms with Crippen molar-refractivity contribution in [1.29, 1.82) is 0 Å². The minimum absolute atomic E-state index is 0.763. The number of rotatable bonds is 5. The van der Waals surface area contributed by atoms with E-state index >= 15 is 0 Å². The summed E-state index contributed by atoms with van der Waals surface area (Å²) in [5.74, 6) is 0.887. The molecule has 5 N–H and O–H groups in total. The number of ether oxygens (including phenoxy) is 1. The zero-order chi connectivity index (χ0) is 9.52. The summed E-state index contributed by atoms with van der Waals surface area (Å²) in [6.45, 7) is 1.74. The van der Waals surface area contributed by atoms with Gasteiger partial charge in [0.05, 0.1) is 13.2 Å². The molecular formula is C10H17N2O+. The first kappa shape index (κ1) is 9.86. The number of hydrogen-bond acceptors (Lipinski definition) is 2. The smallest absolute Gasteiger partial charge is 0.119 e. The number of nitrogens with two attached hydrogens (primary N) is 1. The van der Waals surface area contributed by atoms with Gasteiger partial charge in [0.25, 0.3) is 0 Å². The van der Waals surface area contributed by atoms with Crippen molar-refractivity contribution < 1.29 is 10.5 Å². The quantitative estimate of drug-likeness (QED) is 0.518. The van der Waals surface area contributed by atoms with Gasteiger partial charge >= 0.3 is 0 Å². The van der Waals surface area contributed by atoms with Crippen LogP contribution >= 0.6 is 0 Å². The predicted octanol–water partition coefficient (Wildman–Crippen LogP) is 0.670. The average Bonchev–Trinajstić information content (AvgIpc) is 2.15. The highest BCUT2D eigenvalue weighted by atomic mass is 16.5. The van der Waals surface area contributed by atoms with Crippen LogP contribution in [0.1, 0.15) is 12.8 Å². The third kappa shape index (κ3) is 3.80. The minimum atomic E-state index is 0.763. The Labute approximate surface area is 78.7 Å². The fraction of sp³-hybridized carbons (Fsp3) is 0.400. The number of quaternary nitrogens is 1. The Hall–Kier alpha value is -1.22. The van der Waals surface area contributed by atoms with Gasteiger partial charge in [-0.1, -0.05) is 0 Å². The van der Waals surface area contributed by atoms with Crippen LogP contribution in [0.15, 0.2) is 24.3 Å². The monoisotopic (exact) mass is 181 g/mol. The fourth-order valence-electron chi connectivity index (χ4n) is 1.03. The number of hydrogen-bond donors (Lipinski definition) is 2. The van der Waals surface area contributed by atoms with Crippen molar-refractivity contribution in [3.05, 3.63) is 24.3 Å². The molecule has 0 atom stereocenters. The first-order chi connectivity index (χ1) is 6.33. The highest BCUT2D eigenvalue weighted by Gasteiger charge is 1.92. The zero-order valence-corrected chi connectivity index (χ0v) is 7.83. The molecule has 13 heavy (non-hydrogen) atoms. The molecule has 0 amide bonds. The van der Waals surface area contributed by atoms with E-state index in [0.717, 1.165) is 37.4 Å². The molecule has 1 aromatic carbocycles. The van der Waals surface area contributed by atoms with Crippen LogP contribution in [0.3, 0.4) is 0 Å². The molecule has 1 rings (SSSR count). The molecular weight excluding hydrogens is 164 g/mol. The lowest BCUT2D eigenvalue weighted by Crippen LogP contribution is -2.50. The molecule has 3 nitrogen and oxygen atoms in total. The van der Waals surface area contributed by atoms with E-state index < -0.39 is 0 Å². The molecule has 0 aliphatic heterocycles. The van der Waals surface area contributed by atoms with E-state index in [4.69, 9.17) is 10.5 Å². The molecule has 0 radical (unpaired) electrons. The summed E-state index contributed by atoms with van der Waals surface area (Å²) in [6, 6.07) is 7.46. The molecule has 0 unspecified atom stereocenters. The van der Waals surface area contributed by atoms with E-state index in [9.17, 15) is 0 Å². The largest absolute Gasteiger partial charge is 0.494 e. The third-order valence-corrected chi connectivity index (χ3v) is 1.79. The van der Waals surface area contributed by atoms with Crippen LogP contribution in [0.4, 0.5) is 5.69 Å². The molecule has 3 heteroatoms. The van der Waals surface area contributed by atoms with Crippen LogP contribution in [-0.2, 0) is 0 Å². The van der Waals surface area contributed by atoms with Crippen molar-refractivity contribution in [2.45, 2.75) is 12.8 Å². The summed E-state index contributed by atoms with van der Waals surface area (Å²) in [5, 5.41) is 0. The molecule has 0 saturated carbocycles. The van der Waals surface area contributed by atoms with Gasteiger partial charge in [0.2, 0.25) is 0 Å². The van der Waals surface area contributed by atoms with Crippen LogP contribution in [0.2, 0.25) is 0 Å². The van der Waals surface area contributed by atoms with Gasteiger partial charge in [-0.3, -0.25) is 0 Å². The number of unbranched alkanes of at least 4 members (excludes halogenated alkanes) is 1. The SMILES string of the molecule is Nc1ccc(OCCCC[NH3+])cc1. The second kappa shape index (κ2) is 5.43. The zero-order valence-electron chi connectivity index (χ0n) is 7.83. The molecule has 0 spiro atoms. The second-order valence-corrected chi connectivity index (χ2v) is 2.98. The number of anilines is 1. The Morgan fingerprint density at radius 2 is 1.85 bits per heavy atom. The van der Waals surface area contributed by atoms with Crippen molar-refractivity contribution in [2.24, 2.45) is 0 Å². The average molecular weight is 181 g/mol. The topological polar surface area (TPSA) is 62.9 Å². The van der Waals surface area contributed by atoms with Crippen LogP contribution in [0, 0.1) is 0 Å². The van der Waals surface area contributed by atoms with Gasteiger partial charge in [-0.15, -0.1) is 0 Å². The van der Waals surface area contributed by atoms with Crippen molar-refractivity contribution in [2.75, 3.05) is 18.9 Å². The Morgan fingerprint density at radius 1 is 1.15 bits per heavy atom. The highest BCUT2D eigenvalue weighted by Crippen LogP contribution is 2.13. The van der Waals surface area contributed by atoms with E-state index in [1.807, 2.05) is 24.3 Å². The Bertz CT molecular complexity index is 233. The lowest BCUT2D eigenvalue weighted by Gasteiger charge is -2.04. The van der Waals surface area contributed by atoms with E-state index in [2.05, 4.69) is 5.73 Å². The van der Waals surface area contributed by atoms with Crippen LogP contribution < -0.4 is 16.2 Å². The van der Waals surface area contributed by atoms with Gasteiger partial charge in [-0.2, -0.15) is 0 Å². The number of nitrogen functional groups attached to an aromatic ring is 1. The maximum atomic E-state index is 5.54. The molecule has 0 saturated heterocycles. The van der Waals surface area contributed by atoms with E-state index in [-0.39, 0.29) is 0 Å². The lowest BCUT2D eigenvalue weighted by molar-refractivity contribution is -0.368. The van der Waals surface area contributed by atoms with Crippen LogP contribution in [0.25, 0.3) is 0 Å². The maximum Gasteiger partial charge on any atom is 0.119 e. The van der Waals surface area contributed by atoms with Gasteiger partial charge < -0.3 is 16.2 Å². The summed E-state index contributed by atoms with van der Waals surface area (Å²) in [6.07, 6.45) is 2.18. The van der Waals surface area contributed by atoms with Gasteiger partial charge in [-0.05, 0) is 37.1 Å².